The van der Waals surface area contributed by atoms with Crippen molar-refractivity contribution in [1.82, 2.24) is 34.4 Å². The number of nitrogens with one attached hydrogen (secondary N) is 1. The maximum Gasteiger partial charge on any atom is 0.418 e. The molecule has 1 saturated carbocycles. The van der Waals surface area contributed by atoms with Gasteiger partial charge in [0.2, 0.25) is 0 Å². The fraction of sp³-hybridized carbons (Fsp3) is 0.320. The normalized spacial score (nSPS) is 17.6. The molecule has 2 aromatic heterocycles. The van der Waals surface area contributed by atoms with E-state index in [9.17, 15) is 45.4 Å². The van der Waals surface area contributed by atoms with Crippen LogP contribution in [0.15, 0.2) is 53.6 Å². The molecule has 18 heteroatoms. The van der Waals surface area contributed by atoms with Gasteiger partial charge in [-0.1, -0.05) is 17.7 Å². The molecule has 43 heavy (non-hydrogen) atoms. The Morgan fingerprint density at radius 1 is 1.09 bits per heavy atom. The molecule has 1 amide bonds. The van der Waals surface area contributed by atoms with E-state index in [2.05, 4.69) is 20.5 Å². The first-order chi connectivity index (χ1) is 20.1. The third kappa shape index (κ3) is 6.41. The molecule has 0 radical (unpaired) electrons. The van der Waals surface area contributed by atoms with Gasteiger partial charge in [-0.15, -0.1) is 10.2 Å². The fourth-order valence-electron chi connectivity index (χ4n) is 4.17. The number of carbonyl (C=O) groups is 1. The second kappa shape index (κ2) is 11.1. The molecule has 2 heterocycles. The van der Waals surface area contributed by atoms with E-state index in [-0.39, 0.29) is 28.7 Å². The zero-order valence-electron chi connectivity index (χ0n) is 21.4. The zero-order valence-corrected chi connectivity index (χ0v) is 22.2. The highest BCUT2D eigenvalue weighted by Gasteiger charge is 2.41. The quantitative estimate of drug-likeness (QED) is 0.285. The Balaban J connectivity index is 1.52. The van der Waals surface area contributed by atoms with Gasteiger partial charge in [-0.25, -0.2) is 23.5 Å². The Hall–Kier alpha value is -4.25. The van der Waals surface area contributed by atoms with Gasteiger partial charge in [0.15, 0.2) is 17.8 Å². The standard InChI is InChI=1S/C25H19ClF7N7O3/c26-13-6-4-12(5-7-13)21-37-39(23(43)38(21)9-18(41)25(31,32)33)10-19-34-11-40(36-19)20-14(22(42)35-17-8-16(17)27)2-1-3-15(20)24(28,29)30/h1-7,11,16-18,41H,8-10H2,(H,35,42). The number of aliphatic hydroxyl groups excluding tert-OH is 1. The number of para-hydroxylation sites is 1. The lowest BCUT2D eigenvalue weighted by Crippen LogP contribution is -2.37. The van der Waals surface area contributed by atoms with Crippen LogP contribution in [0.2, 0.25) is 5.02 Å². The van der Waals surface area contributed by atoms with Crippen molar-refractivity contribution in [3.8, 4) is 17.1 Å². The molecule has 10 nitrogen and oxygen atoms in total. The highest BCUT2D eigenvalue weighted by Crippen LogP contribution is 2.36. The van der Waals surface area contributed by atoms with Crippen LogP contribution < -0.4 is 11.0 Å². The largest absolute Gasteiger partial charge is 0.418 e. The number of nitrogens with zero attached hydrogens (tertiary/aromatic N) is 6. The highest BCUT2D eigenvalue weighted by molar-refractivity contribution is 6.30. The number of hydrogen-bond acceptors (Lipinski definition) is 6. The number of aliphatic hydroxyl groups is 1. The van der Waals surface area contributed by atoms with Crippen molar-refractivity contribution in [3.63, 3.8) is 0 Å². The van der Waals surface area contributed by atoms with Gasteiger partial charge in [-0.2, -0.15) is 26.3 Å². The highest BCUT2D eigenvalue weighted by atomic mass is 35.5. The molecule has 0 bridgehead atoms. The van der Waals surface area contributed by atoms with Crippen LogP contribution in [0.4, 0.5) is 30.7 Å². The van der Waals surface area contributed by atoms with Crippen molar-refractivity contribution in [3.05, 3.63) is 81.3 Å². The second-order valence-electron chi connectivity index (χ2n) is 9.58. The summed E-state index contributed by atoms with van der Waals surface area (Å²) in [5.74, 6) is -1.54. The number of aromatic nitrogens is 6. The Labute approximate surface area is 241 Å². The molecule has 3 atom stereocenters. The van der Waals surface area contributed by atoms with Gasteiger partial charge in [0, 0.05) is 17.0 Å². The molecule has 4 aromatic rings. The summed E-state index contributed by atoms with van der Waals surface area (Å²) in [6.45, 7) is -1.82. The Bertz CT molecular complexity index is 1710. The van der Waals surface area contributed by atoms with Gasteiger partial charge in [0.05, 0.1) is 29.4 Å². The summed E-state index contributed by atoms with van der Waals surface area (Å²) in [4.78, 5) is 29.7. The number of hydrogen-bond donors (Lipinski definition) is 2. The minimum absolute atomic E-state index is 0.0207. The van der Waals surface area contributed by atoms with Crippen LogP contribution in [0.5, 0.6) is 0 Å². The lowest BCUT2D eigenvalue weighted by Gasteiger charge is -2.16. The Morgan fingerprint density at radius 3 is 2.37 bits per heavy atom. The van der Waals surface area contributed by atoms with Gasteiger partial charge in [0.25, 0.3) is 5.91 Å². The summed E-state index contributed by atoms with van der Waals surface area (Å²) in [6, 6.07) is 7.52. The van der Waals surface area contributed by atoms with E-state index in [0.29, 0.717) is 20.0 Å². The first-order valence-corrected chi connectivity index (χ1v) is 12.8. The average Bonchev–Trinajstić information content (AvgIpc) is 3.29. The lowest BCUT2D eigenvalue weighted by molar-refractivity contribution is -0.207. The van der Waals surface area contributed by atoms with Crippen LogP contribution >= 0.6 is 11.6 Å². The van der Waals surface area contributed by atoms with E-state index in [1.807, 2.05) is 0 Å². The summed E-state index contributed by atoms with van der Waals surface area (Å²) in [7, 11) is 0. The number of rotatable bonds is 8. The maximum atomic E-state index is 13.9. The van der Waals surface area contributed by atoms with E-state index in [1.165, 1.54) is 24.3 Å². The third-order valence-corrected chi connectivity index (χ3v) is 6.69. The van der Waals surface area contributed by atoms with Crippen LogP contribution in [0.25, 0.3) is 17.1 Å². The number of amides is 1. The van der Waals surface area contributed by atoms with Gasteiger partial charge < -0.3 is 10.4 Å². The van der Waals surface area contributed by atoms with Gasteiger partial charge in [-0.05, 0) is 36.4 Å². The lowest BCUT2D eigenvalue weighted by atomic mass is 10.1. The molecule has 1 aliphatic carbocycles. The molecule has 3 unspecified atom stereocenters. The Morgan fingerprint density at radius 2 is 1.77 bits per heavy atom. The summed E-state index contributed by atoms with van der Waals surface area (Å²) in [6.07, 6.45) is -13.4. The number of carbonyl (C=O) groups excluding carboxylic acids is 1. The van der Waals surface area contributed by atoms with Crippen LogP contribution in [-0.2, 0) is 19.3 Å². The van der Waals surface area contributed by atoms with Gasteiger partial charge in [0.1, 0.15) is 19.0 Å². The van der Waals surface area contributed by atoms with E-state index in [4.69, 9.17) is 11.6 Å². The van der Waals surface area contributed by atoms with Crippen LogP contribution in [0, 0.1) is 0 Å². The first-order valence-electron chi connectivity index (χ1n) is 12.4. The van der Waals surface area contributed by atoms with Crippen LogP contribution in [-0.4, -0.2) is 64.6 Å². The Kier molecular flexibility index (Phi) is 7.81. The predicted molar refractivity (Wildman–Crippen MR) is 135 cm³/mol. The number of benzene rings is 2. The smallest absolute Gasteiger partial charge is 0.382 e. The molecular formula is C25H19ClF7N7O3. The summed E-state index contributed by atoms with van der Waals surface area (Å²) >= 11 is 5.87. The van der Waals surface area contributed by atoms with Gasteiger partial charge >= 0.3 is 18.0 Å². The summed E-state index contributed by atoms with van der Waals surface area (Å²) < 4.78 is 96.3. The van der Waals surface area contributed by atoms with Crippen molar-refractivity contribution < 1.29 is 40.6 Å². The van der Waals surface area contributed by atoms with Crippen molar-refractivity contribution >= 4 is 17.5 Å². The predicted octanol–water partition coefficient (Wildman–Crippen LogP) is 3.78. The van der Waals surface area contributed by atoms with E-state index in [0.717, 1.165) is 18.5 Å². The van der Waals surface area contributed by atoms with E-state index >= 15 is 0 Å². The molecule has 5 rings (SSSR count). The van der Waals surface area contributed by atoms with Gasteiger partial charge in [-0.3, -0.25) is 9.36 Å². The topological polar surface area (TPSA) is 120 Å². The summed E-state index contributed by atoms with van der Waals surface area (Å²) in [5, 5.41) is 20.2. The van der Waals surface area contributed by atoms with Crippen LogP contribution in [0.3, 0.4) is 0 Å². The zero-order chi connectivity index (χ0) is 31.3. The molecule has 0 aliphatic heterocycles. The average molecular weight is 634 g/mol. The fourth-order valence-corrected chi connectivity index (χ4v) is 4.30. The van der Waals surface area contributed by atoms with E-state index < -0.39 is 72.2 Å². The molecule has 1 fully saturated rings. The molecule has 228 valence electrons. The van der Waals surface area contributed by atoms with Crippen molar-refractivity contribution in [2.75, 3.05) is 0 Å². The first kappa shape index (κ1) is 30.2. The van der Waals surface area contributed by atoms with Crippen molar-refractivity contribution in [2.45, 2.75) is 50.2 Å². The minimum Gasteiger partial charge on any atom is -0.382 e. The minimum atomic E-state index is -5.06. The number of alkyl halides is 7. The van der Waals surface area contributed by atoms with Crippen LogP contribution in [0.1, 0.15) is 28.2 Å². The molecule has 2 aromatic carbocycles. The summed E-state index contributed by atoms with van der Waals surface area (Å²) in [5.41, 5.74) is -3.37. The number of halogens is 8. The SMILES string of the molecule is O=C(NC1CC1F)c1cccc(C(F)(F)F)c1-n1cnc(Cn2nc(-c3ccc(Cl)cc3)n(CC(O)C(F)(F)F)c2=O)n1. The third-order valence-electron chi connectivity index (χ3n) is 6.43. The molecular weight excluding hydrogens is 615 g/mol. The van der Waals surface area contributed by atoms with E-state index in [1.54, 1.807) is 0 Å². The molecule has 1 aliphatic rings. The van der Waals surface area contributed by atoms with Crippen molar-refractivity contribution in [1.29, 1.82) is 0 Å². The second-order valence-corrected chi connectivity index (χ2v) is 10.0. The van der Waals surface area contributed by atoms with Crippen molar-refractivity contribution in [2.24, 2.45) is 0 Å². The maximum absolute atomic E-state index is 13.9. The molecule has 0 spiro atoms. The molecule has 2 N–H and O–H groups in total. The monoisotopic (exact) mass is 633 g/mol. The molecule has 0 saturated heterocycles.